The van der Waals surface area contributed by atoms with Gasteiger partial charge in [0.2, 0.25) is 0 Å². The van der Waals surface area contributed by atoms with E-state index in [1.54, 1.807) is 25.7 Å². The summed E-state index contributed by atoms with van der Waals surface area (Å²) in [5.74, 6) is 1.51. The highest BCUT2D eigenvalue weighted by molar-refractivity contribution is 5.40. The van der Waals surface area contributed by atoms with Gasteiger partial charge in [-0.05, 0) is 31.7 Å². The molecule has 0 radical (unpaired) electrons. The van der Waals surface area contributed by atoms with Crippen LogP contribution in [0.4, 0.5) is 0 Å². The average molecular weight is 273 g/mol. The first-order valence-corrected chi connectivity index (χ1v) is 6.53. The maximum atomic E-state index is 5.50. The second-order valence-corrected chi connectivity index (χ2v) is 4.23. The Balaban J connectivity index is 2.39. The van der Waals surface area contributed by atoms with Gasteiger partial charge in [-0.2, -0.15) is 0 Å². The van der Waals surface area contributed by atoms with Crippen molar-refractivity contribution in [1.29, 1.82) is 0 Å². The van der Waals surface area contributed by atoms with Crippen LogP contribution in [0.5, 0.6) is 11.5 Å². The van der Waals surface area contributed by atoms with Crippen LogP contribution in [0.15, 0.2) is 36.9 Å². The molecule has 20 heavy (non-hydrogen) atoms. The summed E-state index contributed by atoms with van der Waals surface area (Å²) in [4.78, 5) is 8.31. The Morgan fingerprint density at radius 1 is 1.25 bits per heavy atom. The molecule has 0 saturated heterocycles. The largest absolute Gasteiger partial charge is 0.495 e. The van der Waals surface area contributed by atoms with Crippen LogP contribution in [0.25, 0.3) is 0 Å². The van der Waals surface area contributed by atoms with Crippen LogP contribution < -0.4 is 14.8 Å². The summed E-state index contributed by atoms with van der Waals surface area (Å²) in [6.07, 6.45) is 6.99. The predicted octanol–water partition coefficient (Wildman–Crippen LogP) is 2.19. The molecule has 0 aromatic carbocycles. The fourth-order valence-corrected chi connectivity index (χ4v) is 2.14. The van der Waals surface area contributed by atoms with E-state index in [4.69, 9.17) is 9.47 Å². The molecular weight excluding hydrogens is 254 g/mol. The zero-order valence-corrected chi connectivity index (χ0v) is 12.0. The summed E-state index contributed by atoms with van der Waals surface area (Å²) in [5, 5.41) is 3.28. The van der Waals surface area contributed by atoms with E-state index in [9.17, 15) is 0 Å². The van der Waals surface area contributed by atoms with Crippen LogP contribution in [0, 0.1) is 0 Å². The van der Waals surface area contributed by atoms with Crippen LogP contribution >= 0.6 is 0 Å². The molecule has 0 fully saturated rings. The molecule has 2 rings (SSSR count). The Labute approximate surface area is 119 Å². The Hall–Kier alpha value is -2.14. The first-order valence-electron chi connectivity index (χ1n) is 6.53. The summed E-state index contributed by atoms with van der Waals surface area (Å²) in [7, 11) is 3.54. The van der Waals surface area contributed by atoms with E-state index in [0.29, 0.717) is 6.61 Å². The minimum absolute atomic E-state index is 0.0270. The molecule has 2 heterocycles. The lowest BCUT2D eigenvalue weighted by Crippen LogP contribution is -2.19. The highest BCUT2D eigenvalue weighted by atomic mass is 16.5. The number of ether oxygens (including phenoxy) is 2. The van der Waals surface area contributed by atoms with Crippen molar-refractivity contribution >= 4 is 0 Å². The standard InChI is InChI=1S/C15H19N3O2/c1-4-20-12-7-11(8-18-9-12)15(16-2)13-5-6-17-10-14(13)19-3/h5-10,15-16H,4H2,1-3H3. The Bertz CT molecular complexity index is 560. The van der Waals surface area contributed by atoms with E-state index in [0.717, 1.165) is 22.6 Å². The first-order chi connectivity index (χ1) is 9.80. The van der Waals surface area contributed by atoms with Gasteiger partial charge in [0.1, 0.15) is 11.5 Å². The molecule has 0 saturated carbocycles. The fraction of sp³-hybridized carbons (Fsp3) is 0.333. The summed E-state index contributed by atoms with van der Waals surface area (Å²) in [5.41, 5.74) is 2.03. The fourth-order valence-electron chi connectivity index (χ4n) is 2.14. The van der Waals surface area contributed by atoms with Crippen LogP contribution in [0.2, 0.25) is 0 Å². The number of nitrogens with one attached hydrogen (secondary N) is 1. The summed E-state index contributed by atoms with van der Waals surface area (Å²) >= 11 is 0. The molecule has 5 heteroatoms. The highest BCUT2D eigenvalue weighted by Gasteiger charge is 2.17. The van der Waals surface area contributed by atoms with E-state index in [2.05, 4.69) is 15.3 Å². The number of aromatic nitrogens is 2. The lowest BCUT2D eigenvalue weighted by molar-refractivity contribution is 0.338. The SMILES string of the molecule is CCOc1cncc(C(NC)c2ccncc2OC)c1. The van der Waals surface area contributed by atoms with E-state index in [-0.39, 0.29) is 6.04 Å². The van der Waals surface area contributed by atoms with Crippen LogP contribution in [-0.4, -0.2) is 30.7 Å². The smallest absolute Gasteiger partial charge is 0.142 e. The van der Waals surface area contributed by atoms with Crippen LogP contribution in [0.1, 0.15) is 24.1 Å². The molecule has 1 unspecified atom stereocenters. The van der Waals surface area contributed by atoms with Gasteiger partial charge in [-0.1, -0.05) is 0 Å². The minimum Gasteiger partial charge on any atom is -0.495 e. The van der Waals surface area contributed by atoms with E-state index in [1.165, 1.54) is 0 Å². The third-order valence-electron chi connectivity index (χ3n) is 3.01. The van der Waals surface area contributed by atoms with Gasteiger partial charge in [0.05, 0.1) is 32.2 Å². The van der Waals surface area contributed by atoms with Gasteiger partial charge in [0.25, 0.3) is 0 Å². The van der Waals surface area contributed by atoms with Crippen molar-refractivity contribution in [2.24, 2.45) is 0 Å². The molecule has 1 atom stereocenters. The molecule has 0 spiro atoms. The average Bonchev–Trinajstić information content (AvgIpc) is 2.49. The maximum absolute atomic E-state index is 5.50. The lowest BCUT2D eigenvalue weighted by atomic mass is 10.0. The molecule has 1 N–H and O–H groups in total. The third-order valence-corrected chi connectivity index (χ3v) is 3.01. The van der Waals surface area contributed by atoms with Crippen molar-refractivity contribution in [2.45, 2.75) is 13.0 Å². The van der Waals surface area contributed by atoms with Gasteiger partial charge in [-0.3, -0.25) is 9.97 Å². The second-order valence-electron chi connectivity index (χ2n) is 4.23. The highest BCUT2D eigenvalue weighted by Crippen LogP contribution is 2.29. The molecule has 0 aliphatic rings. The van der Waals surface area contributed by atoms with Gasteiger partial charge in [-0.15, -0.1) is 0 Å². The molecule has 0 aliphatic heterocycles. The van der Waals surface area contributed by atoms with Crippen molar-refractivity contribution in [2.75, 3.05) is 20.8 Å². The van der Waals surface area contributed by atoms with Crippen molar-refractivity contribution < 1.29 is 9.47 Å². The summed E-state index contributed by atoms with van der Waals surface area (Å²) in [6.45, 7) is 2.57. The molecule has 0 aliphatic carbocycles. The molecule has 0 bridgehead atoms. The zero-order chi connectivity index (χ0) is 14.4. The first kappa shape index (κ1) is 14.3. The number of pyridine rings is 2. The number of methoxy groups -OCH3 is 1. The lowest BCUT2D eigenvalue weighted by Gasteiger charge is -2.19. The maximum Gasteiger partial charge on any atom is 0.142 e. The summed E-state index contributed by atoms with van der Waals surface area (Å²) in [6, 6.07) is 3.89. The van der Waals surface area contributed by atoms with Gasteiger partial charge < -0.3 is 14.8 Å². The monoisotopic (exact) mass is 273 g/mol. The minimum atomic E-state index is -0.0270. The molecule has 5 nitrogen and oxygen atoms in total. The normalized spacial score (nSPS) is 11.9. The Morgan fingerprint density at radius 2 is 2.10 bits per heavy atom. The Morgan fingerprint density at radius 3 is 2.80 bits per heavy atom. The van der Waals surface area contributed by atoms with Gasteiger partial charge >= 0.3 is 0 Å². The molecular formula is C15H19N3O2. The zero-order valence-electron chi connectivity index (χ0n) is 12.0. The topological polar surface area (TPSA) is 56.3 Å². The molecule has 106 valence electrons. The molecule has 2 aromatic rings. The van der Waals surface area contributed by atoms with Crippen molar-refractivity contribution in [3.05, 3.63) is 48.0 Å². The van der Waals surface area contributed by atoms with Crippen molar-refractivity contribution in [3.63, 3.8) is 0 Å². The quantitative estimate of drug-likeness (QED) is 0.874. The van der Waals surface area contributed by atoms with E-state index in [1.807, 2.05) is 32.3 Å². The number of hydrogen-bond donors (Lipinski definition) is 1. The predicted molar refractivity (Wildman–Crippen MR) is 77.1 cm³/mol. The third kappa shape index (κ3) is 3.05. The van der Waals surface area contributed by atoms with Gasteiger partial charge in [0, 0.05) is 18.0 Å². The van der Waals surface area contributed by atoms with Crippen LogP contribution in [-0.2, 0) is 0 Å². The number of hydrogen-bond acceptors (Lipinski definition) is 5. The second kappa shape index (κ2) is 6.86. The van der Waals surface area contributed by atoms with Crippen LogP contribution in [0.3, 0.4) is 0 Å². The number of rotatable bonds is 6. The van der Waals surface area contributed by atoms with E-state index < -0.39 is 0 Å². The molecule has 2 aromatic heterocycles. The van der Waals surface area contributed by atoms with Gasteiger partial charge in [-0.25, -0.2) is 0 Å². The Kier molecular flexibility index (Phi) is 4.90. The molecule has 0 amide bonds. The van der Waals surface area contributed by atoms with E-state index >= 15 is 0 Å². The van der Waals surface area contributed by atoms with Crippen molar-refractivity contribution in [1.82, 2.24) is 15.3 Å². The number of nitrogens with zero attached hydrogens (tertiary/aromatic N) is 2. The van der Waals surface area contributed by atoms with Gasteiger partial charge in [0.15, 0.2) is 0 Å². The summed E-state index contributed by atoms with van der Waals surface area (Å²) < 4.78 is 10.9. The van der Waals surface area contributed by atoms with Crippen molar-refractivity contribution in [3.8, 4) is 11.5 Å².